The van der Waals surface area contributed by atoms with E-state index in [1.165, 1.54) is 0 Å². The molecule has 3 aromatic rings. The summed E-state index contributed by atoms with van der Waals surface area (Å²) in [5.74, 6) is 0.494. The van der Waals surface area contributed by atoms with E-state index in [0.717, 1.165) is 28.5 Å². The second-order valence-electron chi connectivity index (χ2n) is 6.38. The van der Waals surface area contributed by atoms with Crippen molar-refractivity contribution in [2.75, 3.05) is 36.2 Å². The van der Waals surface area contributed by atoms with Crippen LogP contribution in [0.15, 0.2) is 66.9 Å². The van der Waals surface area contributed by atoms with Gasteiger partial charge in [-0.05, 0) is 55.5 Å². The van der Waals surface area contributed by atoms with Crippen LogP contribution in [-0.2, 0) is 0 Å². The fraction of sp³-hybridized carbons (Fsp3) is 0.182. The van der Waals surface area contributed by atoms with E-state index in [1.807, 2.05) is 80.5 Å². The Morgan fingerprint density at radius 1 is 1.04 bits per heavy atom. The van der Waals surface area contributed by atoms with E-state index in [4.69, 9.17) is 4.74 Å². The molecule has 0 radical (unpaired) electrons. The molecule has 0 unspecified atom stereocenters. The lowest BCUT2D eigenvalue weighted by atomic mass is 10.2. The summed E-state index contributed by atoms with van der Waals surface area (Å²) in [6.45, 7) is 2.52. The number of amides is 1. The molecule has 3 rings (SSSR count). The summed E-state index contributed by atoms with van der Waals surface area (Å²) in [6, 6.07) is 18.8. The van der Waals surface area contributed by atoms with Crippen molar-refractivity contribution in [2.45, 2.75) is 6.92 Å². The van der Waals surface area contributed by atoms with Gasteiger partial charge >= 0.3 is 0 Å². The van der Waals surface area contributed by atoms with E-state index in [9.17, 15) is 4.79 Å². The Balaban J connectivity index is 1.73. The number of hydrogen-bond acceptors (Lipinski definition) is 5. The molecule has 0 aliphatic rings. The first-order valence-corrected chi connectivity index (χ1v) is 9.10. The van der Waals surface area contributed by atoms with Crippen LogP contribution in [0.5, 0.6) is 5.75 Å². The molecule has 0 bridgehead atoms. The van der Waals surface area contributed by atoms with Crippen LogP contribution in [-0.4, -0.2) is 31.6 Å². The lowest BCUT2D eigenvalue weighted by molar-refractivity contribution is 0.102. The highest BCUT2D eigenvalue weighted by Crippen LogP contribution is 2.27. The van der Waals surface area contributed by atoms with Gasteiger partial charge in [0, 0.05) is 37.4 Å². The molecule has 1 amide bonds. The first-order valence-electron chi connectivity index (χ1n) is 9.10. The Morgan fingerprint density at radius 3 is 2.50 bits per heavy atom. The zero-order valence-electron chi connectivity index (χ0n) is 16.3. The smallest absolute Gasteiger partial charge is 0.274 e. The minimum atomic E-state index is -0.264. The Bertz CT molecular complexity index is 939. The molecule has 0 spiro atoms. The van der Waals surface area contributed by atoms with Gasteiger partial charge in [0.1, 0.15) is 11.4 Å². The molecular formula is C22H24N4O2. The molecule has 0 aliphatic carbocycles. The molecule has 6 heteroatoms. The fourth-order valence-electron chi connectivity index (χ4n) is 2.68. The maximum Gasteiger partial charge on any atom is 0.274 e. The Morgan fingerprint density at radius 2 is 1.79 bits per heavy atom. The summed E-state index contributed by atoms with van der Waals surface area (Å²) < 4.78 is 5.63. The van der Waals surface area contributed by atoms with Crippen molar-refractivity contribution in [3.8, 4) is 5.75 Å². The minimum Gasteiger partial charge on any atom is -0.492 e. The lowest BCUT2D eigenvalue weighted by Gasteiger charge is -2.14. The zero-order valence-corrected chi connectivity index (χ0v) is 16.3. The van der Waals surface area contributed by atoms with Crippen LogP contribution in [0.3, 0.4) is 0 Å². The number of hydrogen-bond donors (Lipinski definition) is 2. The predicted octanol–water partition coefficient (Wildman–Crippen LogP) is 4.54. The molecule has 0 saturated heterocycles. The number of carbonyl (C=O) groups is 1. The number of anilines is 4. The Kier molecular flexibility index (Phi) is 6.11. The van der Waals surface area contributed by atoms with E-state index in [2.05, 4.69) is 15.6 Å². The summed E-state index contributed by atoms with van der Waals surface area (Å²) >= 11 is 0. The molecule has 0 aliphatic heterocycles. The topological polar surface area (TPSA) is 66.5 Å². The van der Waals surface area contributed by atoms with Gasteiger partial charge in [0.25, 0.3) is 5.91 Å². The molecular weight excluding hydrogens is 352 g/mol. The highest BCUT2D eigenvalue weighted by atomic mass is 16.5. The van der Waals surface area contributed by atoms with Gasteiger partial charge in [-0.25, -0.2) is 0 Å². The number of nitrogens with one attached hydrogen (secondary N) is 2. The summed E-state index contributed by atoms with van der Waals surface area (Å²) in [5.41, 5.74) is 3.71. The van der Waals surface area contributed by atoms with Gasteiger partial charge in [-0.2, -0.15) is 0 Å². The highest BCUT2D eigenvalue weighted by molar-refractivity contribution is 6.03. The first kappa shape index (κ1) is 19.2. The van der Waals surface area contributed by atoms with Gasteiger partial charge in [0.15, 0.2) is 0 Å². The third kappa shape index (κ3) is 4.79. The first-order chi connectivity index (χ1) is 13.6. The molecule has 0 saturated carbocycles. The average molecular weight is 376 g/mol. The second-order valence-corrected chi connectivity index (χ2v) is 6.38. The Hall–Kier alpha value is -3.54. The van der Waals surface area contributed by atoms with Crippen LogP contribution < -0.4 is 20.3 Å². The third-order valence-electron chi connectivity index (χ3n) is 4.10. The molecule has 1 aromatic heterocycles. The summed E-state index contributed by atoms with van der Waals surface area (Å²) in [7, 11) is 3.94. The van der Waals surface area contributed by atoms with Crippen molar-refractivity contribution in [1.82, 2.24) is 4.98 Å². The number of para-hydroxylation sites is 2. The fourth-order valence-corrected chi connectivity index (χ4v) is 2.68. The molecule has 2 aromatic carbocycles. The summed E-state index contributed by atoms with van der Waals surface area (Å²) in [5, 5.41) is 6.16. The van der Waals surface area contributed by atoms with E-state index in [-0.39, 0.29) is 5.91 Å². The number of ether oxygens (including phenoxy) is 1. The number of pyridine rings is 1. The van der Waals surface area contributed by atoms with Crippen LogP contribution in [0.2, 0.25) is 0 Å². The largest absolute Gasteiger partial charge is 0.492 e. The number of aromatic nitrogens is 1. The van der Waals surface area contributed by atoms with E-state index >= 15 is 0 Å². The number of benzene rings is 2. The molecule has 0 atom stereocenters. The van der Waals surface area contributed by atoms with Crippen LogP contribution in [0.25, 0.3) is 0 Å². The molecule has 2 N–H and O–H groups in total. The molecule has 28 heavy (non-hydrogen) atoms. The van der Waals surface area contributed by atoms with Gasteiger partial charge in [-0.3, -0.25) is 9.78 Å². The SMILES string of the molecule is CCOc1ccccc1Nc1ccnc(C(=O)Nc2ccc(N(C)C)cc2)c1. The van der Waals surface area contributed by atoms with Gasteiger partial charge in [-0.15, -0.1) is 0 Å². The van der Waals surface area contributed by atoms with Crippen LogP contribution in [0.1, 0.15) is 17.4 Å². The van der Waals surface area contributed by atoms with Crippen LogP contribution in [0.4, 0.5) is 22.7 Å². The lowest BCUT2D eigenvalue weighted by Crippen LogP contribution is -2.14. The maximum absolute atomic E-state index is 12.6. The molecule has 1 heterocycles. The Labute approximate surface area is 165 Å². The normalized spacial score (nSPS) is 10.2. The van der Waals surface area contributed by atoms with Crippen LogP contribution >= 0.6 is 0 Å². The monoisotopic (exact) mass is 376 g/mol. The van der Waals surface area contributed by atoms with Crippen molar-refractivity contribution in [1.29, 1.82) is 0 Å². The standard InChI is InChI=1S/C22H24N4O2/c1-4-28-21-8-6-5-7-19(21)24-17-13-14-23-20(15-17)22(27)25-16-9-11-18(12-10-16)26(2)3/h5-15H,4H2,1-3H3,(H,23,24)(H,25,27). The highest BCUT2D eigenvalue weighted by Gasteiger charge is 2.10. The second kappa shape index (κ2) is 8.90. The number of carbonyl (C=O) groups excluding carboxylic acids is 1. The van der Waals surface area contributed by atoms with E-state index in [0.29, 0.717) is 12.3 Å². The van der Waals surface area contributed by atoms with E-state index < -0.39 is 0 Å². The summed E-state index contributed by atoms with van der Waals surface area (Å²) in [6.07, 6.45) is 1.61. The predicted molar refractivity (Wildman–Crippen MR) is 114 cm³/mol. The average Bonchev–Trinajstić information content (AvgIpc) is 2.70. The van der Waals surface area contributed by atoms with Crippen molar-refractivity contribution in [2.24, 2.45) is 0 Å². The third-order valence-corrected chi connectivity index (χ3v) is 4.10. The number of nitrogens with zero attached hydrogens (tertiary/aromatic N) is 2. The molecule has 6 nitrogen and oxygen atoms in total. The quantitative estimate of drug-likeness (QED) is 0.634. The van der Waals surface area contributed by atoms with Crippen molar-refractivity contribution >= 4 is 28.7 Å². The minimum absolute atomic E-state index is 0.264. The van der Waals surface area contributed by atoms with Gasteiger partial charge < -0.3 is 20.3 Å². The molecule has 144 valence electrons. The van der Waals surface area contributed by atoms with Crippen molar-refractivity contribution < 1.29 is 9.53 Å². The molecule has 0 fully saturated rings. The van der Waals surface area contributed by atoms with E-state index in [1.54, 1.807) is 12.3 Å². The number of rotatable bonds is 7. The zero-order chi connectivity index (χ0) is 19.9. The van der Waals surface area contributed by atoms with Crippen LogP contribution in [0, 0.1) is 0 Å². The van der Waals surface area contributed by atoms with Gasteiger partial charge in [0.05, 0.1) is 12.3 Å². The van der Waals surface area contributed by atoms with Crippen molar-refractivity contribution in [3.63, 3.8) is 0 Å². The maximum atomic E-state index is 12.6. The summed E-state index contributed by atoms with van der Waals surface area (Å²) in [4.78, 5) is 18.8. The van der Waals surface area contributed by atoms with Crippen molar-refractivity contribution in [3.05, 3.63) is 72.6 Å². The van der Waals surface area contributed by atoms with Gasteiger partial charge in [-0.1, -0.05) is 12.1 Å². The van der Waals surface area contributed by atoms with Gasteiger partial charge in [0.2, 0.25) is 0 Å².